The van der Waals surface area contributed by atoms with E-state index in [-0.39, 0.29) is 67.2 Å². The average molecular weight is 238 g/mol. The minimum atomic E-state index is -0.132. The Morgan fingerprint density at radius 3 is 1.73 bits per heavy atom. The summed E-state index contributed by atoms with van der Waals surface area (Å²) >= 11 is 16.5. The second-order valence-electron chi connectivity index (χ2n) is 1.72. The van der Waals surface area contributed by atoms with E-state index >= 15 is 0 Å². The molecular formula is C6H4Cl3KO. The average Bonchev–Trinajstić information content (AvgIpc) is 1.82. The molecule has 0 saturated carbocycles. The molecule has 0 aliphatic heterocycles. The van der Waals surface area contributed by atoms with Gasteiger partial charge >= 0.3 is 51.4 Å². The van der Waals surface area contributed by atoms with Gasteiger partial charge in [-0.2, -0.15) is 0 Å². The fourth-order valence-corrected chi connectivity index (χ4v) is 1.35. The summed E-state index contributed by atoms with van der Waals surface area (Å²) in [6.07, 6.45) is 0. The van der Waals surface area contributed by atoms with Gasteiger partial charge in [-0.15, -0.1) is 0 Å². The Morgan fingerprint density at radius 2 is 1.36 bits per heavy atom. The van der Waals surface area contributed by atoms with E-state index in [2.05, 4.69) is 0 Å². The Hall–Kier alpha value is 1.53. The predicted molar refractivity (Wildman–Crippen MR) is 50.3 cm³/mol. The van der Waals surface area contributed by atoms with Crippen LogP contribution in [-0.2, 0) is 0 Å². The molecule has 11 heavy (non-hydrogen) atoms. The molecule has 0 aliphatic rings. The third kappa shape index (κ3) is 3.41. The minimum absolute atomic E-state index is 0. The maximum absolute atomic E-state index is 9.01. The number of hydrogen-bond acceptors (Lipinski definition) is 1. The van der Waals surface area contributed by atoms with Crippen LogP contribution in [0, 0.1) is 0 Å². The third-order valence-electron chi connectivity index (χ3n) is 0.982. The summed E-state index contributed by atoms with van der Waals surface area (Å²) in [7, 11) is 0. The zero-order valence-corrected chi connectivity index (χ0v) is 7.00. The number of hydrogen-bond donors (Lipinski definition) is 1. The Labute approximate surface area is 122 Å². The van der Waals surface area contributed by atoms with Crippen molar-refractivity contribution in [1.29, 1.82) is 0 Å². The van der Waals surface area contributed by atoms with Gasteiger partial charge in [0.2, 0.25) is 0 Å². The van der Waals surface area contributed by atoms with E-state index in [1.807, 2.05) is 0 Å². The number of rotatable bonds is 0. The van der Waals surface area contributed by atoms with Crippen LogP contribution in [0.1, 0.15) is 0 Å². The third-order valence-corrected chi connectivity index (χ3v) is 1.78. The molecule has 0 unspecified atom stereocenters. The van der Waals surface area contributed by atoms with Crippen LogP contribution in [0.5, 0.6) is 5.75 Å². The maximum atomic E-state index is 9.01. The molecule has 0 aromatic heterocycles. The van der Waals surface area contributed by atoms with Crippen molar-refractivity contribution in [2.24, 2.45) is 0 Å². The van der Waals surface area contributed by atoms with Crippen LogP contribution in [0.25, 0.3) is 0 Å². The molecule has 1 nitrogen and oxygen atoms in total. The van der Waals surface area contributed by atoms with Crippen LogP contribution in [0.2, 0.25) is 15.1 Å². The van der Waals surface area contributed by atoms with Crippen molar-refractivity contribution < 1.29 is 5.11 Å². The van der Waals surface area contributed by atoms with Gasteiger partial charge in [0.1, 0.15) is 0 Å². The van der Waals surface area contributed by atoms with Crippen LogP contribution < -0.4 is 0 Å². The Bertz CT molecular complexity index is 241. The Balaban J connectivity index is 0.000001000. The summed E-state index contributed by atoms with van der Waals surface area (Å²) in [5.41, 5.74) is 0. The first-order chi connectivity index (χ1) is 4.61. The first kappa shape index (κ1) is 12.5. The number of phenolic OH excluding ortho intramolecular Hbond substituents is 1. The van der Waals surface area contributed by atoms with E-state index < -0.39 is 0 Å². The van der Waals surface area contributed by atoms with Crippen molar-refractivity contribution in [1.82, 2.24) is 0 Å². The molecule has 0 aliphatic carbocycles. The van der Waals surface area contributed by atoms with Crippen molar-refractivity contribution in [3.05, 3.63) is 27.2 Å². The quantitative estimate of drug-likeness (QED) is 0.688. The van der Waals surface area contributed by atoms with E-state index in [1.54, 1.807) is 0 Å². The fourth-order valence-electron chi connectivity index (χ4n) is 0.535. The summed E-state index contributed by atoms with van der Waals surface area (Å²) in [6.45, 7) is 0. The van der Waals surface area contributed by atoms with Crippen LogP contribution in [-0.4, -0.2) is 56.5 Å². The summed E-state index contributed by atoms with van der Waals surface area (Å²) in [4.78, 5) is 0. The van der Waals surface area contributed by atoms with Crippen LogP contribution >= 0.6 is 34.8 Å². The van der Waals surface area contributed by atoms with Crippen molar-refractivity contribution in [3.8, 4) is 5.75 Å². The fraction of sp³-hybridized carbons (Fsp3) is 0. The van der Waals surface area contributed by atoms with E-state index in [0.29, 0.717) is 5.02 Å². The molecule has 0 heterocycles. The zero-order valence-electron chi connectivity index (χ0n) is 4.74. The first-order valence-electron chi connectivity index (χ1n) is 2.45. The molecule has 5 heteroatoms. The van der Waals surface area contributed by atoms with Gasteiger partial charge in [-0.3, -0.25) is 0 Å². The molecule has 56 valence electrons. The van der Waals surface area contributed by atoms with Gasteiger partial charge in [0.05, 0.1) is 10.0 Å². The summed E-state index contributed by atoms with van der Waals surface area (Å²) in [6, 6.07) is 2.84. The van der Waals surface area contributed by atoms with Crippen molar-refractivity contribution >= 4 is 86.2 Å². The molecule has 0 amide bonds. The molecular weight excluding hydrogens is 234 g/mol. The second kappa shape index (κ2) is 5.30. The summed E-state index contributed by atoms with van der Waals surface area (Å²) in [5.74, 6) is -0.132. The topological polar surface area (TPSA) is 20.2 Å². The molecule has 0 bridgehead atoms. The molecule has 0 radical (unpaired) electrons. The normalized spacial score (nSPS) is 9.00. The molecule has 0 spiro atoms. The molecule has 0 saturated heterocycles. The molecule has 0 atom stereocenters. The number of aromatic hydroxyl groups is 1. The SMILES string of the molecule is Oc1c(Cl)cc(Cl)cc1Cl.[KH]. The molecule has 0 fully saturated rings. The number of benzene rings is 1. The van der Waals surface area contributed by atoms with Gasteiger partial charge in [0, 0.05) is 5.02 Å². The van der Waals surface area contributed by atoms with Gasteiger partial charge in [0.15, 0.2) is 5.75 Å². The van der Waals surface area contributed by atoms with Crippen molar-refractivity contribution in [2.75, 3.05) is 0 Å². The standard InChI is InChI=1S/C6H3Cl3O.K.H/c7-3-1-4(8)6(10)5(9)2-3;;/h1-2,10H;;. The second-order valence-corrected chi connectivity index (χ2v) is 2.97. The molecule has 1 rings (SSSR count). The monoisotopic (exact) mass is 236 g/mol. The van der Waals surface area contributed by atoms with Crippen molar-refractivity contribution in [3.63, 3.8) is 0 Å². The van der Waals surface area contributed by atoms with E-state index in [0.717, 1.165) is 0 Å². The van der Waals surface area contributed by atoms with Crippen LogP contribution in [0.15, 0.2) is 12.1 Å². The van der Waals surface area contributed by atoms with E-state index in [4.69, 9.17) is 39.9 Å². The Kier molecular flexibility index (Phi) is 6.03. The summed E-state index contributed by atoms with van der Waals surface area (Å²) < 4.78 is 0. The zero-order chi connectivity index (χ0) is 7.72. The number of phenols is 1. The van der Waals surface area contributed by atoms with Gasteiger partial charge < -0.3 is 5.11 Å². The van der Waals surface area contributed by atoms with Gasteiger partial charge in [-0.1, -0.05) is 34.8 Å². The first-order valence-corrected chi connectivity index (χ1v) is 3.58. The molecule has 1 aromatic carbocycles. The predicted octanol–water partition coefficient (Wildman–Crippen LogP) is 2.70. The van der Waals surface area contributed by atoms with Crippen molar-refractivity contribution in [2.45, 2.75) is 0 Å². The summed E-state index contributed by atoms with van der Waals surface area (Å²) in [5, 5.41) is 9.75. The van der Waals surface area contributed by atoms with Crippen LogP contribution in [0.3, 0.4) is 0 Å². The van der Waals surface area contributed by atoms with Crippen LogP contribution in [0.4, 0.5) is 0 Å². The number of halogens is 3. The van der Waals surface area contributed by atoms with E-state index in [1.165, 1.54) is 12.1 Å². The molecule has 1 aromatic rings. The van der Waals surface area contributed by atoms with Gasteiger partial charge in [-0.25, -0.2) is 0 Å². The van der Waals surface area contributed by atoms with Gasteiger partial charge in [-0.05, 0) is 12.1 Å². The van der Waals surface area contributed by atoms with Gasteiger partial charge in [0.25, 0.3) is 0 Å². The molecule has 1 N–H and O–H groups in total. The Morgan fingerprint density at radius 1 is 1.00 bits per heavy atom. The van der Waals surface area contributed by atoms with E-state index in [9.17, 15) is 0 Å².